The summed E-state index contributed by atoms with van der Waals surface area (Å²) in [5.41, 5.74) is 0.945. The number of nitrogens with one attached hydrogen (secondary N) is 1. The molecule has 0 saturated heterocycles. The Kier molecular flexibility index (Phi) is 7.50. The zero-order valence-corrected chi connectivity index (χ0v) is 18.3. The van der Waals surface area contributed by atoms with Gasteiger partial charge in [0.15, 0.2) is 11.5 Å². The van der Waals surface area contributed by atoms with Crippen LogP contribution < -0.4 is 14.8 Å². The lowest BCUT2D eigenvalue weighted by atomic mass is 10.1. The van der Waals surface area contributed by atoms with E-state index in [1.807, 2.05) is 6.07 Å². The summed E-state index contributed by atoms with van der Waals surface area (Å²) in [7, 11) is 1.41. The number of rotatable bonds is 6. The van der Waals surface area contributed by atoms with Gasteiger partial charge in [-0.05, 0) is 48.0 Å². The lowest BCUT2D eigenvalue weighted by Crippen LogP contribution is -2.13. The largest absolute Gasteiger partial charge is 0.493 e. The Labute approximate surface area is 194 Å². The number of methoxy groups -OCH3 is 1. The molecule has 3 aromatic rings. The minimum absolute atomic E-state index is 0.146. The van der Waals surface area contributed by atoms with Crippen LogP contribution in [0.3, 0.4) is 0 Å². The van der Waals surface area contributed by atoms with Gasteiger partial charge in [0, 0.05) is 0 Å². The van der Waals surface area contributed by atoms with E-state index in [2.05, 4.69) is 5.32 Å². The van der Waals surface area contributed by atoms with Gasteiger partial charge in [-0.15, -0.1) is 0 Å². The lowest BCUT2D eigenvalue weighted by molar-refractivity contribution is -0.112. The number of halogens is 2. The highest BCUT2D eigenvalue weighted by molar-refractivity contribution is 6.34. The number of ether oxygens (including phenoxy) is 2. The van der Waals surface area contributed by atoms with Crippen molar-refractivity contribution in [3.05, 3.63) is 93.5 Å². The van der Waals surface area contributed by atoms with Crippen LogP contribution in [0.25, 0.3) is 6.08 Å². The first-order valence-corrected chi connectivity index (χ1v) is 10.0. The molecule has 6 nitrogen and oxygen atoms in total. The summed E-state index contributed by atoms with van der Waals surface area (Å²) < 4.78 is 10.7. The smallest absolute Gasteiger partial charge is 0.345 e. The number of nitriles is 1. The molecular formula is C24H16Cl2N2O4. The summed E-state index contributed by atoms with van der Waals surface area (Å²) in [6.07, 6.45) is 1.38. The molecule has 0 aromatic heterocycles. The summed E-state index contributed by atoms with van der Waals surface area (Å²) in [6.45, 7) is 0. The summed E-state index contributed by atoms with van der Waals surface area (Å²) in [4.78, 5) is 24.9. The van der Waals surface area contributed by atoms with Gasteiger partial charge in [-0.1, -0.05) is 53.5 Å². The zero-order chi connectivity index (χ0) is 23.1. The summed E-state index contributed by atoms with van der Waals surface area (Å²) in [6, 6.07) is 19.7. The summed E-state index contributed by atoms with van der Waals surface area (Å²) in [5.74, 6) is -0.862. The van der Waals surface area contributed by atoms with Gasteiger partial charge in [0.25, 0.3) is 5.91 Å². The van der Waals surface area contributed by atoms with Crippen LogP contribution in [-0.4, -0.2) is 19.0 Å². The second kappa shape index (κ2) is 10.5. The molecule has 0 atom stereocenters. The first-order valence-electron chi connectivity index (χ1n) is 9.25. The number of hydrogen-bond acceptors (Lipinski definition) is 5. The van der Waals surface area contributed by atoms with Crippen molar-refractivity contribution in [2.45, 2.75) is 0 Å². The van der Waals surface area contributed by atoms with Gasteiger partial charge in [0.05, 0.1) is 28.4 Å². The van der Waals surface area contributed by atoms with Crippen LogP contribution >= 0.6 is 23.2 Å². The van der Waals surface area contributed by atoms with E-state index < -0.39 is 11.9 Å². The number of carbonyl (C=O) groups excluding carboxylic acids is 2. The third-order valence-electron chi connectivity index (χ3n) is 4.28. The van der Waals surface area contributed by atoms with E-state index in [1.165, 1.54) is 25.3 Å². The normalized spacial score (nSPS) is 10.8. The maximum absolute atomic E-state index is 12.5. The first kappa shape index (κ1) is 22.9. The van der Waals surface area contributed by atoms with Gasteiger partial charge in [-0.2, -0.15) is 5.26 Å². The van der Waals surface area contributed by atoms with Gasteiger partial charge in [-0.25, -0.2) is 4.79 Å². The van der Waals surface area contributed by atoms with E-state index in [0.29, 0.717) is 16.3 Å². The highest BCUT2D eigenvalue weighted by atomic mass is 35.5. The van der Waals surface area contributed by atoms with Crippen LogP contribution in [0.5, 0.6) is 11.5 Å². The van der Waals surface area contributed by atoms with Crippen molar-refractivity contribution in [3.63, 3.8) is 0 Å². The second-order valence-corrected chi connectivity index (χ2v) is 7.20. The second-order valence-electron chi connectivity index (χ2n) is 6.38. The summed E-state index contributed by atoms with van der Waals surface area (Å²) >= 11 is 12.1. The van der Waals surface area contributed by atoms with Crippen LogP contribution in [0, 0.1) is 11.3 Å². The van der Waals surface area contributed by atoms with Gasteiger partial charge in [0.1, 0.15) is 11.6 Å². The first-order chi connectivity index (χ1) is 15.4. The van der Waals surface area contributed by atoms with Crippen LogP contribution in [0.2, 0.25) is 10.0 Å². The van der Waals surface area contributed by atoms with Crippen molar-refractivity contribution in [1.29, 1.82) is 5.26 Å². The molecule has 160 valence electrons. The van der Waals surface area contributed by atoms with Crippen LogP contribution in [0.15, 0.2) is 72.3 Å². The molecule has 0 aliphatic heterocycles. The third kappa shape index (κ3) is 5.46. The number of hydrogen-bond donors (Lipinski definition) is 1. The number of para-hydroxylation sites is 1. The van der Waals surface area contributed by atoms with Crippen molar-refractivity contribution in [3.8, 4) is 17.6 Å². The molecule has 0 heterocycles. The third-order valence-corrected chi connectivity index (χ3v) is 4.94. The van der Waals surface area contributed by atoms with E-state index in [4.69, 9.17) is 32.7 Å². The Hall–Kier alpha value is -3.79. The molecule has 3 aromatic carbocycles. The Morgan fingerprint density at radius 2 is 1.66 bits per heavy atom. The van der Waals surface area contributed by atoms with Crippen LogP contribution in [0.1, 0.15) is 15.9 Å². The number of amides is 1. The molecule has 1 N–H and O–H groups in total. The average Bonchev–Trinajstić information content (AvgIpc) is 2.79. The topological polar surface area (TPSA) is 88.4 Å². The lowest BCUT2D eigenvalue weighted by Gasteiger charge is -2.11. The molecule has 0 aliphatic carbocycles. The average molecular weight is 467 g/mol. The molecule has 0 unspecified atom stereocenters. The quantitative estimate of drug-likeness (QED) is 0.215. The predicted molar refractivity (Wildman–Crippen MR) is 123 cm³/mol. The fraction of sp³-hybridized carbons (Fsp3) is 0.0417. The van der Waals surface area contributed by atoms with Crippen molar-refractivity contribution >= 4 is 46.8 Å². The monoisotopic (exact) mass is 466 g/mol. The molecular weight excluding hydrogens is 451 g/mol. The van der Waals surface area contributed by atoms with Gasteiger partial charge < -0.3 is 14.8 Å². The highest BCUT2D eigenvalue weighted by Crippen LogP contribution is 2.30. The van der Waals surface area contributed by atoms with E-state index in [0.717, 1.165) is 0 Å². The van der Waals surface area contributed by atoms with E-state index in [-0.39, 0.29) is 27.7 Å². The van der Waals surface area contributed by atoms with Gasteiger partial charge >= 0.3 is 5.97 Å². The van der Waals surface area contributed by atoms with Crippen molar-refractivity contribution < 1.29 is 19.1 Å². The Morgan fingerprint density at radius 1 is 0.969 bits per heavy atom. The molecule has 0 aliphatic rings. The SMILES string of the molecule is COc1cc(/C=C(\C#N)C(=O)Nc2ccccc2Cl)ccc1OC(=O)c1ccccc1Cl. The van der Waals surface area contributed by atoms with E-state index in [1.54, 1.807) is 54.6 Å². The molecule has 0 bridgehead atoms. The molecule has 32 heavy (non-hydrogen) atoms. The number of anilines is 1. The summed E-state index contributed by atoms with van der Waals surface area (Å²) in [5, 5.41) is 12.6. The molecule has 0 radical (unpaired) electrons. The number of benzene rings is 3. The molecule has 0 spiro atoms. The highest BCUT2D eigenvalue weighted by Gasteiger charge is 2.16. The number of esters is 1. The van der Waals surface area contributed by atoms with Gasteiger partial charge in [0.2, 0.25) is 0 Å². The molecule has 3 rings (SSSR count). The maximum atomic E-state index is 12.5. The minimum atomic E-state index is -0.644. The Bertz CT molecular complexity index is 1250. The molecule has 8 heteroatoms. The van der Waals surface area contributed by atoms with Crippen molar-refractivity contribution in [2.24, 2.45) is 0 Å². The Balaban J connectivity index is 1.82. The minimum Gasteiger partial charge on any atom is -0.493 e. The standard InChI is InChI=1S/C24H16Cl2N2O4/c1-31-22-13-15(10-11-21(22)32-24(30)17-6-2-3-7-18(17)25)12-16(14-27)23(29)28-20-9-5-4-8-19(20)26/h2-13H,1H3,(H,28,29)/b16-12+. The number of carbonyl (C=O) groups is 2. The van der Waals surface area contributed by atoms with Gasteiger partial charge in [-0.3, -0.25) is 4.79 Å². The number of nitrogens with zero attached hydrogens (tertiary/aromatic N) is 1. The van der Waals surface area contributed by atoms with Crippen LogP contribution in [0.4, 0.5) is 5.69 Å². The fourth-order valence-electron chi connectivity index (χ4n) is 2.71. The Morgan fingerprint density at radius 3 is 2.31 bits per heavy atom. The predicted octanol–water partition coefficient (Wildman–Crippen LogP) is 5.77. The molecule has 0 saturated carbocycles. The fourth-order valence-corrected chi connectivity index (χ4v) is 3.10. The molecule has 1 amide bonds. The van der Waals surface area contributed by atoms with Crippen molar-refractivity contribution in [2.75, 3.05) is 12.4 Å². The van der Waals surface area contributed by atoms with Crippen LogP contribution in [-0.2, 0) is 4.79 Å². The molecule has 0 fully saturated rings. The van der Waals surface area contributed by atoms with Crippen molar-refractivity contribution in [1.82, 2.24) is 0 Å². The zero-order valence-electron chi connectivity index (χ0n) is 16.8. The van der Waals surface area contributed by atoms with E-state index >= 15 is 0 Å². The van der Waals surface area contributed by atoms with E-state index in [9.17, 15) is 14.9 Å². The maximum Gasteiger partial charge on any atom is 0.345 e.